The molecule has 1 aromatic heterocycles. The van der Waals surface area contributed by atoms with Crippen LogP contribution < -0.4 is 5.32 Å². The maximum absolute atomic E-state index is 12.1. The van der Waals surface area contributed by atoms with E-state index in [0.29, 0.717) is 6.42 Å². The third-order valence-corrected chi connectivity index (χ3v) is 3.71. The monoisotopic (exact) mass is 276 g/mol. The fourth-order valence-corrected chi connectivity index (χ4v) is 2.23. The van der Waals surface area contributed by atoms with Gasteiger partial charge in [0.05, 0.1) is 25.2 Å². The van der Waals surface area contributed by atoms with Gasteiger partial charge in [-0.1, -0.05) is 25.1 Å². The molecule has 0 fully saturated rings. The highest BCUT2D eigenvalue weighted by Crippen LogP contribution is 2.18. The van der Waals surface area contributed by atoms with Crippen LogP contribution in [0.25, 0.3) is 10.9 Å². The van der Waals surface area contributed by atoms with Gasteiger partial charge in [0.2, 0.25) is 5.91 Å². The number of carbonyl (C=O) groups excluding carboxylic acids is 1. The van der Waals surface area contributed by atoms with Crippen LogP contribution >= 0.6 is 0 Å². The van der Waals surface area contributed by atoms with E-state index < -0.39 is 5.54 Å². The van der Waals surface area contributed by atoms with Gasteiger partial charge in [0.15, 0.2) is 0 Å². The minimum absolute atomic E-state index is 0.209. The molecule has 5 nitrogen and oxygen atoms in total. The summed E-state index contributed by atoms with van der Waals surface area (Å²) in [6.45, 7) is 1.26. The molecule has 0 aliphatic rings. The highest BCUT2D eigenvalue weighted by molar-refractivity contribution is 5.89. The van der Waals surface area contributed by atoms with Crippen LogP contribution in [0.1, 0.15) is 18.9 Å². The first kappa shape index (κ1) is 14.6. The summed E-state index contributed by atoms with van der Waals surface area (Å²) in [4.78, 5) is 15.2. The van der Waals surface area contributed by atoms with Crippen molar-refractivity contribution in [3.8, 4) is 0 Å². The van der Waals surface area contributed by atoms with Crippen molar-refractivity contribution in [3.05, 3.63) is 36.0 Å². The van der Waals surface area contributed by atoms with Crippen LogP contribution in [0.4, 0.5) is 0 Å². The normalized spacial score (nSPS) is 11.8. The van der Waals surface area contributed by atoms with Crippen LogP contribution in [0, 0.1) is 0 Å². The molecule has 0 bridgehead atoms. The lowest BCUT2D eigenvalue weighted by atomic mass is 9.98. The third kappa shape index (κ3) is 2.84. The van der Waals surface area contributed by atoms with Crippen molar-refractivity contribution >= 4 is 16.8 Å². The number of aliphatic hydroxyl groups is 2. The molecule has 2 rings (SSSR count). The van der Waals surface area contributed by atoms with Gasteiger partial charge >= 0.3 is 0 Å². The molecule has 0 saturated heterocycles. The quantitative estimate of drug-likeness (QED) is 0.634. The minimum Gasteiger partial charge on any atom is -0.394 e. The number of H-pyrrole nitrogens is 1. The second-order valence-electron chi connectivity index (χ2n) is 5.03. The Bertz CT molecular complexity index is 579. The van der Waals surface area contributed by atoms with Crippen molar-refractivity contribution in [2.24, 2.45) is 0 Å². The number of nitrogens with one attached hydrogen (secondary N) is 2. The zero-order valence-corrected chi connectivity index (χ0v) is 11.5. The van der Waals surface area contributed by atoms with Gasteiger partial charge in [-0.05, 0) is 18.1 Å². The molecule has 0 unspecified atom stereocenters. The fourth-order valence-electron chi connectivity index (χ4n) is 2.23. The van der Waals surface area contributed by atoms with Gasteiger partial charge in [0.1, 0.15) is 0 Å². The molecular weight excluding hydrogens is 256 g/mol. The van der Waals surface area contributed by atoms with E-state index in [1.807, 2.05) is 37.4 Å². The van der Waals surface area contributed by atoms with Crippen LogP contribution in [0.15, 0.2) is 30.5 Å². The second-order valence-corrected chi connectivity index (χ2v) is 5.03. The van der Waals surface area contributed by atoms with E-state index in [4.69, 9.17) is 0 Å². The molecule has 4 N–H and O–H groups in total. The standard InChI is InChI=1S/C15H20N2O3/c1-2-15(9-18,10-19)17-14(20)7-11-8-16-13-6-4-3-5-12(11)13/h3-6,8,16,18-19H,2,7,9-10H2,1H3,(H,17,20). The molecule has 20 heavy (non-hydrogen) atoms. The number of amides is 1. The summed E-state index contributed by atoms with van der Waals surface area (Å²) in [5, 5.41) is 22.4. The molecule has 0 aliphatic heterocycles. The zero-order valence-electron chi connectivity index (χ0n) is 11.5. The molecule has 1 aromatic carbocycles. The Morgan fingerprint density at radius 1 is 1.30 bits per heavy atom. The Morgan fingerprint density at radius 3 is 2.65 bits per heavy atom. The first-order valence-electron chi connectivity index (χ1n) is 6.72. The summed E-state index contributed by atoms with van der Waals surface area (Å²) in [7, 11) is 0. The third-order valence-electron chi connectivity index (χ3n) is 3.71. The highest BCUT2D eigenvalue weighted by atomic mass is 16.3. The molecule has 0 radical (unpaired) electrons. The molecule has 1 heterocycles. The minimum atomic E-state index is -0.941. The van der Waals surface area contributed by atoms with Gasteiger partial charge in [-0.15, -0.1) is 0 Å². The van der Waals surface area contributed by atoms with E-state index in [9.17, 15) is 15.0 Å². The topological polar surface area (TPSA) is 85.3 Å². The van der Waals surface area contributed by atoms with Crippen LogP contribution in [-0.2, 0) is 11.2 Å². The average Bonchev–Trinajstić information content (AvgIpc) is 2.88. The van der Waals surface area contributed by atoms with Gasteiger partial charge in [0, 0.05) is 17.1 Å². The lowest BCUT2D eigenvalue weighted by Gasteiger charge is -2.29. The number of para-hydroxylation sites is 1. The summed E-state index contributed by atoms with van der Waals surface area (Å²) >= 11 is 0. The van der Waals surface area contributed by atoms with Crippen LogP contribution in [-0.4, -0.2) is 39.9 Å². The number of rotatable bonds is 6. The number of fused-ring (bicyclic) bond motifs is 1. The van der Waals surface area contributed by atoms with Gasteiger partial charge in [-0.25, -0.2) is 0 Å². The predicted molar refractivity (Wildman–Crippen MR) is 77.3 cm³/mol. The van der Waals surface area contributed by atoms with Crippen molar-refractivity contribution in [1.29, 1.82) is 0 Å². The Hall–Kier alpha value is -1.85. The molecule has 1 amide bonds. The average molecular weight is 276 g/mol. The largest absolute Gasteiger partial charge is 0.394 e. The van der Waals surface area contributed by atoms with Gasteiger partial charge < -0.3 is 20.5 Å². The SMILES string of the molecule is CCC(CO)(CO)NC(=O)Cc1c[nH]c2ccccc12. The summed E-state index contributed by atoms with van der Waals surface area (Å²) in [6, 6.07) is 7.77. The molecular formula is C15H20N2O3. The Morgan fingerprint density at radius 2 is 2.00 bits per heavy atom. The van der Waals surface area contributed by atoms with Gasteiger partial charge in [0.25, 0.3) is 0 Å². The van der Waals surface area contributed by atoms with E-state index in [1.54, 1.807) is 0 Å². The number of hydrogen-bond acceptors (Lipinski definition) is 3. The lowest BCUT2D eigenvalue weighted by molar-refractivity contribution is -0.123. The Kier molecular flexibility index (Phi) is 4.42. The van der Waals surface area contributed by atoms with Crippen molar-refractivity contribution in [3.63, 3.8) is 0 Å². The number of aromatic nitrogens is 1. The van der Waals surface area contributed by atoms with E-state index in [1.165, 1.54) is 0 Å². The zero-order chi connectivity index (χ0) is 14.6. The van der Waals surface area contributed by atoms with E-state index >= 15 is 0 Å². The van der Waals surface area contributed by atoms with Gasteiger partial charge in [-0.3, -0.25) is 4.79 Å². The molecule has 0 atom stereocenters. The van der Waals surface area contributed by atoms with E-state index in [-0.39, 0.29) is 25.5 Å². The number of hydrogen-bond donors (Lipinski definition) is 4. The lowest BCUT2D eigenvalue weighted by Crippen LogP contribution is -2.54. The summed E-state index contributed by atoms with van der Waals surface area (Å²) in [6.07, 6.45) is 2.50. The smallest absolute Gasteiger partial charge is 0.225 e. The number of benzene rings is 1. The van der Waals surface area contributed by atoms with Crippen molar-refractivity contribution in [2.45, 2.75) is 25.3 Å². The van der Waals surface area contributed by atoms with Crippen LogP contribution in [0.3, 0.4) is 0 Å². The Balaban J connectivity index is 2.12. The predicted octanol–water partition coefficient (Wildman–Crippen LogP) is 0.960. The maximum atomic E-state index is 12.1. The Labute approximate surface area is 117 Å². The first-order valence-corrected chi connectivity index (χ1v) is 6.72. The van der Waals surface area contributed by atoms with Gasteiger partial charge in [-0.2, -0.15) is 0 Å². The van der Waals surface area contributed by atoms with Crippen LogP contribution in [0.2, 0.25) is 0 Å². The number of carbonyl (C=O) groups is 1. The van der Waals surface area contributed by atoms with E-state index in [0.717, 1.165) is 16.5 Å². The summed E-state index contributed by atoms with van der Waals surface area (Å²) in [5.41, 5.74) is 0.948. The molecule has 0 aliphatic carbocycles. The number of aliphatic hydroxyl groups excluding tert-OH is 2. The van der Waals surface area contributed by atoms with Crippen molar-refractivity contribution < 1.29 is 15.0 Å². The molecule has 0 spiro atoms. The fraction of sp³-hybridized carbons (Fsp3) is 0.400. The summed E-state index contributed by atoms with van der Waals surface area (Å²) in [5.74, 6) is -0.209. The molecule has 5 heteroatoms. The van der Waals surface area contributed by atoms with Crippen molar-refractivity contribution in [2.75, 3.05) is 13.2 Å². The summed E-state index contributed by atoms with van der Waals surface area (Å²) < 4.78 is 0. The second kappa shape index (κ2) is 6.07. The maximum Gasteiger partial charge on any atom is 0.225 e. The van der Waals surface area contributed by atoms with E-state index in [2.05, 4.69) is 10.3 Å². The van der Waals surface area contributed by atoms with Crippen molar-refractivity contribution in [1.82, 2.24) is 10.3 Å². The molecule has 108 valence electrons. The molecule has 2 aromatic rings. The molecule has 0 saturated carbocycles. The van der Waals surface area contributed by atoms with Crippen LogP contribution in [0.5, 0.6) is 0 Å². The first-order chi connectivity index (χ1) is 9.64. The number of aromatic amines is 1. The highest BCUT2D eigenvalue weighted by Gasteiger charge is 2.28.